The third-order valence-corrected chi connectivity index (χ3v) is 2.34. The Labute approximate surface area is 113 Å². The number of rotatable bonds is 2. The molecule has 0 heterocycles. The Morgan fingerprint density at radius 3 is 2.20 bits per heavy atom. The van der Waals surface area contributed by atoms with E-state index in [4.69, 9.17) is 9.84 Å². The molecule has 0 amide bonds. The number of esters is 1. The molecule has 0 radical (unpaired) electrons. The van der Waals surface area contributed by atoms with Crippen molar-refractivity contribution in [3.05, 3.63) is 28.8 Å². The predicted octanol–water partition coefficient (Wildman–Crippen LogP) is 2.86. The Bertz CT molecular complexity index is 516. The minimum atomic E-state index is -4.81. The number of phenols is 1. The molecule has 0 unspecified atom stereocenters. The second-order valence-electron chi connectivity index (χ2n) is 5.15. The second-order valence-corrected chi connectivity index (χ2v) is 5.15. The topological polar surface area (TPSA) is 66.8 Å². The van der Waals surface area contributed by atoms with E-state index in [9.17, 15) is 23.1 Å². The van der Waals surface area contributed by atoms with E-state index in [1.165, 1.54) is 20.8 Å². The van der Waals surface area contributed by atoms with Gasteiger partial charge in [0.15, 0.2) is 0 Å². The normalized spacial score (nSPS) is 12.3. The van der Waals surface area contributed by atoms with Crippen molar-refractivity contribution in [1.29, 1.82) is 0 Å². The third-order valence-electron chi connectivity index (χ3n) is 2.34. The first-order valence-electron chi connectivity index (χ1n) is 5.73. The van der Waals surface area contributed by atoms with Crippen LogP contribution in [0.5, 0.6) is 5.75 Å². The predicted molar refractivity (Wildman–Crippen MR) is 64.2 cm³/mol. The van der Waals surface area contributed by atoms with Crippen LogP contribution in [0.15, 0.2) is 12.1 Å². The van der Waals surface area contributed by atoms with Gasteiger partial charge in [0.25, 0.3) is 0 Å². The van der Waals surface area contributed by atoms with E-state index < -0.39 is 41.2 Å². The lowest BCUT2D eigenvalue weighted by atomic mass is 10.0. The van der Waals surface area contributed by atoms with E-state index in [2.05, 4.69) is 0 Å². The number of carbonyl (C=O) groups excluding carboxylic acids is 1. The quantitative estimate of drug-likeness (QED) is 0.823. The Kier molecular flexibility index (Phi) is 4.33. The molecule has 1 rings (SSSR count). The number of hydrogen-bond donors (Lipinski definition) is 2. The number of aliphatic hydroxyl groups is 1. The van der Waals surface area contributed by atoms with Gasteiger partial charge in [-0.3, -0.25) is 0 Å². The van der Waals surface area contributed by atoms with Gasteiger partial charge >= 0.3 is 12.1 Å². The summed E-state index contributed by atoms with van der Waals surface area (Å²) in [6.07, 6.45) is -4.81. The first-order chi connectivity index (χ1) is 8.97. The summed E-state index contributed by atoms with van der Waals surface area (Å²) in [5, 5.41) is 18.8. The van der Waals surface area contributed by atoms with Gasteiger partial charge in [0, 0.05) is 0 Å². The summed E-state index contributed by atoms with van der Waals surface area (Å²) < 4.78 is 43.0. The summed E-state index contributed by atoms with van der Waals surface area (Å²) in [5.74, 6) is -2.36. The highest BCUT2D eigenvalue weighted by Crippen LogP contribution is 2.39. The lowest BCUT2D eigenvalue weighted by Crippen LogP contribution is -2.25. The molecule has 7 heteroatoms. The highest BCUT2D eigenvalue weighted by Gasteiger charge is 2.37. The second kappa shape index (κ2) is 5.32. The van der Waals surface area contributed by atoms with Crippen molar-refractivity contribution in [2.75, 3.05) is 0 Å². The zero-order valence-corrected chi connectivity index (χ0v) is 11.2. The maximum Gasteiger partial charge on any atom is 0.419 e. The summed E-state index contributed by atoms with van der Waals surface area (Å²) >= 11 is 0. The van der Waals surface area contributed by atoms with Gasteiger partial charge < -0.3 is 14.9 Å². The van der Waals surface area contributed by atoms with Crippen LogP contribution in [0, 0.1) is 0 Å². The Balaban J connectivity index is 3.39. The average molecular weight is 292 g/mol. The van der Waals surface area contributed by atoms with Crippen LogP contribution in [0.3, 0.4) is 0 Å². The molecule has 1 aromatic rings. The fraction of sp³-hybridized carbons (Fsp3) is 0.462. The molecule has 0 aliphatic carbocycles. The lowest BCUT2D eigenvalue weighted by molar-refractivity contribution is -0.138. The van der Waals surface area contributed by atoms with Crippen LogP contribution in [-0.2, 0) is 17.5 Å². The molecule has 0 atom stereocenters. The van der Waals surface area contributed by atoms with Crippen molar-refractivity contribution in [3.8, 4) is 5.75 Å². The molecule has 2 N–H and O–H groups in total. The lowest BCUT2D eigenvalue weighted by Gasteiger charge is -2.21. The number of phenolic OH excluding ortho intramolecular Hbond substituents is 1. The van der Waals surface area contributed by atoms with E-state index in [1.54, 1.807) is 0 Å². The maximum atomic E-state index is 12.7. The number of alkyl halides is 3. The zero-order valence-electron chi connectivity index (χ0n) is 11.2. The van der Waals surface area contributed by atoms with Crippen LogP contribution >= 0.6 is 0 Å². The van der Waals surface area contributed by atoms with Crippen molar-refractivity contribution < 1.29 is 32.9 Å². The number of benzene rings is 1. The molecule has 0 saturated carbocycles. The Hall–Kier alpha value is -1.76. The van der Waals surface area contributed by atoms with Gasteiger partial charge in [-0.2, -0.15) is 13.2 Å². The number of aromatic hydroxyl groups is 1. The van der Waals surface area contributed by atoms with Crippen LogP contribution in [0.1, 0.15) is 42.3 Å². The molecule has 20 heavy (non-hydrogen) atoms. The minimum absolute atomic E-state index is 0.134. The standard InChI is InChI=1S/C13H15F3O4/c1-12(2,3)20-11(19)9-7(6-17)4-5-8(10(9)18)13(14,15)16/h4-5,17-18H,6H2,1-3H3. The van der Waals surface area contributed by atoms with Crippen LogP contribution < -0.4 is 0 Å². The van der Waals surface area contributed by atoms with Gasteiger partial charge in [0.05, 0.1) is 12.2 Å². The van der Waals surface area contributed by atoms with E-state index >= 15 is 0 Å². The van der Waals surface area contributed by atoms with E-state index in [0.29, 0.717) is 6.07 Å². The number of carbonyl (C=O) groups is 1. The molecule has 0 fully saturated rings. The molecule has 1 aromatic carbocycles. The van der Waals surface area contributed by atoms with Gasteiger partial charge in [0.2, 0.25) is 0 Å². The molecule has 0 bridgehead atoms. The molecule has 112 valence electrons. The third kappa shape index (κ3) is 3.63. The number of halogens is 3. The molecule has 0 aliphatic rings. The van der Waals surface area contributed by atoms with E-state index in [1.807, 2.05) is 0 Å². The molecule has 0 aliphatic heterocycles. The van der Waals surface area contributed by atoms with Gasteiger partial charge in [0.1, 0.15) is 16.9 Å². The summed E-state index contributed by atoms with van der Waals surface area (Å²) in [4.78, 5) is 11.9. The maximum absolute atomic E-state index is 12.7. The largest absolute Gasteiger partial charge is 0.506 e. The number of hydrogen-bond acceptors (Lipinski definition) is 4. The molecule has 4 nitrogen and oxygen atoms in total. The van der Waals surface area contributed by atoms with Crippen LogP contribution in [-0.4, -0.2) is 21.8 Å². The Morgan fingerprint density at radius 2 is 1.80 bits per heavy atom. The van der Waals surface area contributed by atoms with E-state index in [0.717, 1.165) is 6.07 Å². The molecule has 0 aromatic heterocycles. The van der Waals surface area contributed by atoms with Crippen molar-refractivity contribution in [2.45, 2.75) is 39.2 Å². The molecule has 0 saturated heterocycles. The van der Waals surface area contributed by atoms with Crippen LogP contribution in [0.25, 0.3) is 0 Å². The van der Waals surface area contributed by atoms with Crippen LogP contribution in [0.2, 0.25) is 0 Å². The number of ether oxygens (including phenoxy) is 1. The summed E-state index contributed by atoms with van der Waals surface area (Å²) in [5.41, 5.74) is -3.10. The summed E-state index contributed by atoms with van der Waals surface area (Å²) in [6, 6.07) is 1.54. The average Bonchev–Trinajstić information content (AvgIpc) is 2.23. The van der Waals surface area contributed by atoms with Gasteiger partial charge in [-0.1, -0.05) is 6.07 Å². The summed E-state index contributed by atoms with van der Waals surface area (Å²) in [7, 11) is 0. The van der Waals surface area contributed by atoms with Gasteiger partial charge in [-0.15, -0.1) is 0 Å². The first-order valence-corrected chi connectivity index (χ1v) is 5.73. The van der Waals surface area contributed by atoms with Crippen molar-refractivity contribution >= 4 is 5.97 Å². The highest BCUT2D eigenvalue weighted by atomic mass is 19.4. The van der Waals surface area contributed by atoms with Crippen molar-refractivity contribution in [2.24, 2.45) is 0 Å². The van der Waals surface area contributed by atoms with Crippen molar-refractivity contribution in [1.82, 2.24) is 0 Å². The first kappa shape index (κ1) is 16.3. The monoisotopic (exact) mass is 292 g/mol. The molecule has 0 spiro atoms. The van der Waals surface area contributed by atoms with Gasteiger partial charge in [-0.05, 0) is 32.4 Å². The SMILES string of the molecule is CC(C)(C)OC(=O)c1c(CO)ccc(C(F)(F)F)c1O. The minimum Gasteiger partial charge on any atom is -0.506 e. The summed E-state index contributed by atoms with van der Waals surface area (Å²) in [6.45, 7) is 3.91. The van der Waals surface area contributed by atoms with Gasteiger partial charge in [-0.25, -0.2) is 4.79 Å². The van der Waals surface area contributed by atoms with Crippen molar-refractivity contribution in [3.63, 3.8) is 0 Å². The smallest absolute Gasteiger partial charge is 0.419 e. The van der Waals surface area contributed by atoms with Crippen LogP contribution in [0.4, 0.5) is 13.2 Å². The highest BCUT2D eigenvalue weighted by molar-refractivity contribution is 5.95. The fourth-order valence-electron chi connectivity index (χ4n) is 1.55. The van der Waals surface area contributed by atoms with E-state index in [-0.39, 0.29) is 5.56 Å². The Morgan fingerprint density at radius 1 is 1.25 bits per heavy atom. The zero-order chi connectivity index (χ0) is 15.7. The number of aliphatic hydroxyl groups excluding tert-OH is 1. The molecular weight excluding hydrogens is 277 g/mol. The molecular formula is C13H15F3O4. The fourth-order valence-corrected chi connectivity index (χ4v) is 1.55.